The third-order valence-electron chi connectivity index (χ3n) is 5.48. The molecule has 1 amide bonds. The number of carbonyl (C=O) groups excluding carboxylic acids is 1. The van der Waals surface area contributed by atoms with Gasteiger partial charge in [-0.1, -0.05) is 0 Å². The molecule has 3 heterocycles. The maximum atomic E-state index is 14.7. The van der Waals surface area contributed by atoms with Crippen LogP contribution in [0.25, 0.3) is 0 Å². The number of nitrogens with one attached hydrogen (secondary N) is 2. The number of hydrogen-bond donors (Lipinski definition) is 2. The fourth-order valence-corrected chi connectivity index (χ4v) is 3.94. The molecule has 0 unspecified atom stereocenters. The first kappa shape index (κ1) is 32.5. The molecule has 0 radical (unpaired) electrons. The van der Waals surface area contributed by atoms with Gasteiger partial charge in [-0.15, -0.1) is 0 Å². The van der Waals surface area contributed by atoms with Gasteiger partial charge in [0.15, 0.2) is 40.3 Å². The topological polar surface area (TPSA) is 192 Å². The molecule has 15 nitrogen and oxygen atoms in total. The van der Waals surface area contributed by atoms with Gasteiger partial charge >= 0.3 is 37.7 Å². The van der Waals surface area contributed by atoms with Crippen LogP contribution >= 0.6 is 7.82 Å². The number of carbonyl (C=O) groups is 1. The minimum atomic E-state index is -5.41. The molecule has 214 valence electrons. The molecule has 0 spiro atoms. The van der Waals surface area contributed by atoms with E-state index >= 15 is 0 Å². The van der Waals surface area contributed by atoms with Crippen LogP contribution in [-0.2, 0) is 13.9 Å². The van der Waals surface area contributed by atoms with Crippen molar-refractivity contribution in [1.29, 1.82) is 0 Å². The molecule has 1 aromatic carbocycles. The van der Waals surface area contributed by atoms with Crippen molar-refractivity contribution in [3.05, 3.63) is 36.3 Å². The van der Waals surface area contributed by atoms with Crippen LogP contribution in [0.1, 0.15) is 13.8 Å². The zero-order chi connectivity index (χ0) is 29.2. The van der Waals surface area contributed by atoms with Crippen LogP contribution < -0.4 is 44.3 Å². The van der Waals surface area contributed by atoms with Crippen molar-refractivity contribution in [3.8, 4) is 23.0 Å². The largest absolute Gasteiger partial charge is 2.00 e. The van der Waals surface area contributed by atoms with E-state index in [4.69, 9.17) is 18.9 Å². The molecule has 2 aromatic heterocycles. The maximum absolute atomic E-state index is 14.7. The molecule has 1 aliphatic heterocycles. The fraction of sp³-hybridized carbons (Fsp3) is 0.304. The van der Waals surface area contributed by atoms with Gasteiger partial charge in [-0.05, 0) is 26.0 Å². The predicted octanol–water partition coefficient (Wildman–Crippen LogP) is 1.45. The number of hydrogen-bond acceptors (Lipinski definition) is 14. The monoisotopic (exact) mass is 618 g/mol. The average Bonchev–Trinajstić information content (AvgIpc) is 2.89. The second-order valence-corrected chi connectivity index (χ2v) is 9.78. The molecule has 41 heavy (non-hydrogen) atoms. The Morgan fingerprint density at radius 2 is 1.73 bits per heavy atom. The number of amides is 1. The molecule has 0 saturated heterocycles. The standard InChI is InChI=1S/C23H26FN6O9P.Ca/c1-23(2)21(31)30(11-38-40(32,33)34)20-14(39-23)6-7-17(28-20)27-19-13(24)10-25-22(29-19)26-12-8-15(35-3)18(37-5)16(9-12)36-4;/h6-10H,11H2,1-5H3,(H2,32,33,34)(H2,25,26,27,28,29);/q;+2/p-2. The number of pyridine rings is 1. The summed E-state index contributed by atoms with van der Waals surface area (Å²) in [4.78, 5) is 48.1. The molecule has 4 rings (SSSR count). The number of aromatic nitrogens is 3. The zero-order valence-electron chi connectivity index (χ0n) is 22.6. The van der Waals surface area contributed by atoms with E-state index in [9.17, 15) is 23.5 Å². The Hall–Kier alpha value is -2.98. The van der Waals surface area contributed by atoms with E-state index in [1.807, 2.05) is 0 Å². The van der Waals surface area contributed by atoms with Crippen molar-refractivity contribution in [2.24, 2.45) is 0 Å². The van der Waals surface area contributed by atoms with Crippen molar-refractivity contribution < 1.29 is 47.0 Å². The number of anilines is 5. The molecule has 1 aliphatic rings. The summed E-state index contributed by atoms with van der Waals surface area (Å²) in [7, 11) is -1.04. The van der Waals surface area contributed by atoms with Crippen LogP contribution in [0.2, 0.25) is 0 Å². The SMILES string of the molecule is COc1cc(Nc2ncc(F)c(Nc3ccc4c(n3)N(COP(=O)([O-])[O-])C(=O)C(C)(C)O4)n2)cc(OC)c1OC.[Ca+2]. The van der Waals surface area contributed by atoms with Crippen LogP contribution in [0.5, 0.6) is 23.0 Å². The van der Waals surface area contributed by atoms with Gasteiger partial charge in [-0.3, -0.25) is 9.69 Å². The van der Waals surface area contributed by atoms with Crippen LogP contribution in [0.4, 0.5) is 33.5 Å². The Morgan fingerprint density at radius 3 is 2.32 bits per heavy atom. The summed E-state index contributed by atoms with van der Waals surface area (Å²) in [6.07, 6.45) is 0.920. The predicted molar refractivity (Wildman–Crippen MR) is 140 cm³/mol. The summed E-state index contributed by atoms with van der Waals surface area (Å²) in [6.45, 7) is 1.97. The van der Waals surface area contributed by atoms with E-state index < -0.39 is 31.9 Å². The number of nitrogens with zero attached hydrogens (tertiary/aromatic N) is 4. The van der Waals surface area contributed by atoms with Gasteiger partial charge in [0.2, 0.25) is 11.7 Å². The molecule has 0 atom stereocenters. The number of methoxy groups -OCH3 is 3. The molecule has 2 N–H and O–H groups in total. The van der Waals surface area contributed by atoms with E-state index in [0.29, 0.717) is 22.9 Å². The van der Waals surface area contributed by atoms with Crippen molar-refractivity contribution in [2.75, 3.05) is 43.6 Å². The summed E-state index contributed by atoms with van der Waals surface area (Å²) in [5.41, 5.74) is -0.962. The number of phosphoric ester groups is 1. The Balaban J connectivity index is 0.00000462. The molecule has 3 aromatic rings. The van der Waals surface area contributed by atoms with Gasteiger partial charge in [0, 0.05) is 17.8 Å². The molecule has 18 heteroatoms. The number of rotatable bonds is 10. The quantitative estimate of drug-likeness (QED) is 0.245. The summed E-state index contributed by atoms with van der Waals surface area (Å²) < 4.78 is 51.6. The molecule has 0 saturated carbocycles. The minimum Gasteiger partial charge on any atom is -0.790 e. The molecular formula is C23H24CaFN6O9P. The Morgan fingerprint density at radius 1 is 1.07 bits per heavy atom. The van der Waals surface area contributed by atoms with E-state index in [1.54, 1.807) is 12.1 Å². The second kappa shape index (κ2) is 12.9. The first-order valence-corrected chi connectivity index (χ1v) is 12.9. The van der Waals surface area contributed by atoms with E-state index in [0.717, 1.165) is 11.1 Å². The van der Waals surface area contributed by atoms with Crippen molar-refractivity contribution in [2.45, 2.75) is 19.4 Å². The zero-order valence-corrected chi connectivity index (χ0v) is 25.7. The molecule has 0 aliphatic carbocycles. The Labute approximate surface area is 263 Å². The van der Waals surface area contributed by atoms with E-state index in [2.05, 4.69) is 30.1 Å². The van der Waals surface area contributed by atoms with Gasteiger partial charge in [0.05, 0.1) is 35.3 Å². The number of fused-ring (bicyclic) bond motifs is 1. The summed E-state index contributed by atoms with van der Waals surface area (Å²) in [5, 5.41) is 5.60. The van der Waals surface area contributed by atoms with E-state index in [-0.39, 0.29) is 66.9 Å². The minimum absolute atomic E-state index is 0. The smallest absolute Gasteiger partial charge is 0.790 e. The van der Waals surface area contributed by atoms with Crippen LogP contribution in [-0.4, -0.2) is 92.3 Å². The van der Waals surface area contributed by atoms with Crippen molar-refractivity contribution >= 4 is 80.6 Å². The van der Waals surface area contributed by atoms with Crippen LogP contribution in [0.3, 0.4) is 0 Å². The maximum Gasteiger partial charge on any atom is 2.00 e. The molecular weight excluding hydrogens is 594 g/mol. The van der Waals surface area contributed by atoms with E-state index in [1.165, 1.54) is 47.3 Å². The number of halogens is 1. The fourth-order valence-electron chi connectivity index (χ4n) is 3.68. The number of benzene rings is 1. The third kappa shape index (κ3) is 7.46. The van der Waals surface area contributed by atoms with Crippen LogP contribution in [0, 0.1) is 5.82 Å². The first-order chi connectivity index (χ1) is 18.8. The number of ether oxygens (including phenoxy) is 4. The average molecular weight is 619 g/mol. The van der Waals surface area contributed by atoms with Gasteiger partial charge in [-0.2, -0.15) is 4.98 Å². The van der Waals surface area contributed by atoms with Gasteiger partial charge in [-0.25, -0.2) is 14.4 Å². The normalized spacial score (nSPS) is 13.9. The Bertz CT molecular complexity index is 1470. The second-order valence-electron chi connectivity index (χ2n) is 8.62. The summed E-state index contributed by atoms with van der Waals surface area (Å²) in [6, 6.07) is 6.05. The van der Waals surface area contributed by atoms with Crippen molar-refractivity contribution in [3.63, 3.8) is 0 Å². The van der Waals surface area contributed by atoms with Gasteiger partial charge in [0.25, 0.3) is 5.91 Å². The van der Waals surface area contributed by atoms with Gasteiger partial charge in [0.1, 0.15) is 12.5 Å². The summed E-state index contributed by atoms with van der Waals surface area (Å²) >= 11 is 0. The third-order valence-corrected chi connectivity index (χ3v) is 5.91. The number of phosphoric acid groups is 1. The molecule has 0 fully saturated rings. The first-order valence-electron chi connectivity index (χ1n) is 11.4. The molecule has 0 bridgehead atoms. The van der Waals surface area contributed by atoms with Crippen molar-refractivity contribution in [1.82, 2.24) is 15.0 Å². The van der Waals surface area contributed by atoms with Crippen LogP contribution in [0.15, 0.2) is 30.5 Å². The summed E-state index contributed by atoms with van der Waals surface area (Å²) in [5.74, 6) is -0.806. The van der Waals surface area contributed by atoms with Gasteiger partial charge < -0.3 is 48.5 Å². The Kier molecular flexibility index (Phi) is 10.2.